The Balaban J connectivity index is 2.81. The maximum atomic E-state index is 11.5. The summed E-state index contributed by atoms with van der Waals surface area (Å²) in [6.45, 7) is 0. The maximum absolute atomic E-state index is 11.5. The van der Waals surface area contributed by atoms with Crippen LogP contribution in [0.1, 0.15) is 0 Å². The summed E-state index contributed by atoms with van der Waals surface area (Å²) in [6.07, 6.45) is 2.87. The van der Waals surface area contributed by atoms with E-state index in [1.807, 2.05) is 0 Å². The normalized spacial score (nSPS) is 9.30. The monoisotopic (exact) mass is 160 g/mol. The first-order valence-corrected chi connectivity index (χ1v) is 3.13. The average Bonchev–Trinajstić information content (AvgIpc) is 1.94. The molecule has 54 valence electrons. The van der Waals surface area contributed by atoms with Crippen molar-refractivity contribution in [1.29, 1.82) is 0 Å². The van der Waals surface area contributed by atoms with Gasteiger partial charge >= 0.3 is 0 Å². The molecule has 0 bridgehead atoms. The van der Waals surface area contributed by atoms with Crippen molar-refractivity contribution in [2.75, 3.05) is 5.73 Å². The Kier molecular flexibility index (Phi) is 2.33. The van der Waals surface area contributed by atoms with Gasteiger partial charge in [-0.15, -0.1) is 3.89 Å². The molecule has 0 unspecified atom stereocenters. The van der Waals surface area contributed by atoms with Gasteiger partial charge in [0.05, 0.1) is 11.9 Å². The molecule has 0 atom stereocenters. The predicted octanol–water partition coefficient (Wildman–Crippen LogP) is 1.58. The van der Waals surface area contributed by atoms with Crippen LogP contribution in [0.25, 0.3) is 0 Å². The topological polar surface area (TPSA) is 48.1 Å². The van der Waals surface area contributed by atoms with Gasteiger partial charge in [0.15, 0.2) is 5.75 Å². The minimum absolute atomic E-state index is 0.239. The summed E-state index contributed by atoms with van der Waals surface area (Å²) >= 11 is -0.239. The fourth-order valence-electron chi connectivity index (χ4n) is 0.504. The SMILES string of the molecule is Nc1cnccc1OSF. The van der Waals surface area contributed by atoms with Crippen LogP contribution in [0.3, 0.4) is 0 Å². The zero-order valence-corrected chi connectivity index (χ0v) is 5.77. The predicted molar refractivity (Wildman–Crippen MR) is 38.0 cm³/mol. The first-order chi connectivity index (χ1) is 4.84. The molecule has 0 aromatic carbocycles. The lowest BCUT2D eigenvalue weighted by Crippen LogP contribution is -1.89. The Morgan fingerprint density at radius 1 is 1.70 bits per heavy atom. The second kappa shape index (κ2) is 3.26. The van der Waals surface area contributed by atoms with Crippen molar-refractivity contribution >= 4 is 18.1 Å². The minimum atomic E-state index is -0.239. The van der Waals surface area contributed by atoms with Crippen LogP contribution in [0.5, 0.6) is 5.75 Å². The summed E-state index contributed by atoms with van der Waals surface area (Å²) in [5, 5.41) is 0. The standard InChI is InChI=1S/C5H5FN2OS/c6-10-9-5-1-2-8-3-4(5)7/h1-3H,7H2. The van der Waals surface area contributed by atoms with Gasteiger partial charge in [-0.3, -0.25) is 4.98 Å². The van der Waals surface area contributed by atoms with Crippen LogP contribution < -0.4 is 9.92 Å². The molecule has 0 saturated heterocycles. The Morgan fingerprint density at radius 3 is 3.10 bits per heavy atom. The molecule has 0 aliphatic heterocycles. The molecule has 10 heavy (non-hydrogen) atoms. The fraction of sp³-hybridized carbons (Fsp3) is 0. The summed E-state index contributed by atoms with van der Waals surface area (Å²) in [7, 11) is 0. The second-order valence-corrected chi connectivity index (χ2v) is 1.85. The molecule has 0 radical (unpaired) electrons. The molecule has 0 fully saturated rings. The van der Waals surface area contributed by atoms with Gasteiger partial charge in [0.25, 0.3) is 12.4 Å². The first-order valence-electron chi connectivity index (χ1n) is 2.49. The molecule has 0 aliphatic rings. The Labute approximate surface area is 61.9 Å². The highest BCUT2D eigenvalue weighted by Crippen LogP contribution is 2.22. The third kappa shape index (κ3) is 1.51. The van der Waals surface area contributed by atoms with Crippen molar-refractivity contribution in [3.8, 4) is 5.75 Å². The molecule has 1 heterocycles. The second-order valence-electron chi connectivity index (χ2n) is 1.56. The third-order valence-corrected chi connectivity index (χ3v) is 1.17. The lowest BCUT2D eigenvalue weighted by Gasteiger charge is -1.99. The quantitative estimate of drug-likeness (QED) is 0.667. The van der Waals surface area contributed by atoms with Crippen molar-refractivity contribution in [2.24, 2.45) is 0 Å². The van der Waals surface area contributed by atoms with Crippen LogP contribution in [0, 0.1) is 0 Å². The van der Waals surface area contributed by atoms with Crippen LogP contribution in [0.2, 0.25) is 0 Å². The zero-order valence-electron chi connectivity index (χ0n) is 4.95. The number of nitrogens with two attached hydrogens (primary N) is 1. The van der Waals surface area contributed by atoms with E-state index >= 15 is 0 Å². The highest BCUT2D eigenvalue weighted by Gasteiger charge is 1.97. The third-order valence-electron chi connectivity index (χ3n) is 0.931. The summed E-state index contributed by atoms with van der Waals surface area (Å²) in [4.78, 5) is 3.69. The highest BCUT2D eigenvalue weighted by molar-refractivity contribution is 7.89. The van der Waals surface area contributed by atoms with Crippen molar-refractivity contribution in [3.63, 3.8) is 0 Å². The molecular weight excluding hydrogens is 155 g/mol. The van der Waals surface area contributed by atoms with Gasteiger partial charge in [-0.05, 0) is 0 Å². The van der Waals surface area contributed by atoms with Gasteiger partial charge in [0, 0.05) is 12.3 Å². The van der Waals surface area contributed by atoms with E-state index in [1.165, 1.54) is 18.5 Å². The van der Waals surface area contributed by atoms with E-state index in [1.54, 1.807) is 0 Å². The average molecular weight is 160 g/mol. The van der Waals surface area contributed by atoms with Gasteiger partial charge in [-0.25, -0.2) is 0 Å². The van der Waals surface area contributed by atoms with E-state index in [2.05, 4.69) is 9.17 Å². The number of hydrogen-bond acceptors (Lipinski definition) is 4. The molecule has 0 spiro atoms. The van der Waals surface area contributed by atoms with Crippen molar-refractivity contribution < 1.29 is 8.07 Å². The summed E-state index contributed by atoms with van der Waals surface area (Å²) in [6, 6.07) is 1.49. The number of anilines is 1. The summed E-state index contributed by atoms with van der Waals surface area (Å²) in [5.74, 6) is 0.294. The first kappa shape index (κ1) is 7.14. The van der Waals surface area contributed by atoms with E-state index in [9.17, 15) is 3.89 Å². The van der Waals surface area contributed by atoms with E-state index in [4.69, 9.17) is 5.73 Å². The zero-order chi connectivity index (χ0) is 7.40. The molecule has 1 aromatic heterocycles. The van der Waals surface area contributed by atoms with Crippen LogP contribution in [0.4, 0.5) is 9.57 Å². The van der Waals surface area contributed by atoms with Crippen molar-refractivity contribution in [1.82, 2.24) is 4.98 Å². The highest BCUT2D eigenvalue weighted by atomic mass is 32.2. The maximum Gasteiger partial charge on any atom is 0.272 e. The number of hydrogen-bond donors (Lipinski definition) is 1. The number of aromatic nitrogens is 1. The molecule has 2 N–H and O–H groups in total. The van der Waals surface area contributed by atoms with Crippen LogP contribution in [-0.2, 0) is 0 Å². The van der Waals surface area contributed by atoms with Crippen molar-refractivity contribution in [2.45, 2.75) is 0 Å². The molecule has 1 aromatic rings. The van der Waals surface area contributed by atoms with Crippen LogP contribution in [0.15, 0.2) is 18.5 Å². The Bertz CT molecular complexity index is 221. The molecule has 0 saturated carbocycles. The van der Waals surface area contributed by atoms with Gasteiger partial charge in [-0.2, -0.15) is 0 Å². The van der Waals surface area contributed by atoms with E-state index in [-0.39, 0.29) is 12.4 Å². The fourth-order valence-corrected chi connectivity index (χ4v) is 0.723. The lowest BCUT2D eigenvalue weighted by atomic mass is 10.4. The van der Waals surface area contributed by atoms with E-state index in [0.29, 0.717) is 11.4 Å². The number of rotatable bonds is 2. The van der Waals surface area contributed by atoms with Gasteiger partial charge in [0.2, 0.25) is 0 Å². The number of nitrogens with zero attached hydrogens (tertiary/aromatic N) is 1. The van der Waals surface area contributed by atoms with Crippen LogP contribution in [-0.4, -0.2) is 4.98 Å². The van der Waals surface area contributed by atoms with E-state index in [0.717, 1.165) is 0 Å². The molecule has 0 amide bonds. The molecule has 3 nitrogen and oxygen atoms in total. The van der Waals surface area contributed by atoms with Gasteiger partial charge in [-0.1, -0.05) is 0 Å². The minimum Gasteiger partial charge on any atom is -0.395 e. The Morgan fingerprint density at radius 2 is 2.50 bits per heavy atom. The van der Waals surface area contributed by atoms with E-state index < -0.39 is 0 Å². The number of halogens is 1. The molecule has 1 rings (SSSR count). The summed E-state index contributed by atoms with van der Waals surface area (Å²) in [5.41, 5.74) is 5.67. The molecular formula is C5H5FN2OS. The summed E-state index contributed by atoms with van der Waals surface area (Å²) < 4.78 is 15.9. The van der Waals surface area contributed by atoms with Gasteiger partial charge < -0.3 is 9.92 Å². The number of pyridine rings is 1. The molecule has 5 heteroatoms. The lowest BCUT2D eigenvalue weighted by molar-refractivity contribution is 0.612. The molecule has 0 aliphatic carbocycles. The largest absolute Gasteiger partial charge is 0.395 e. The Hall–Kier alpha value is -0.970. The van der Waals surface area contributed by atoms with Gasteiger partial charge in [0.1, 0.15) is 0 Å². The number of nitrogen functional groups attached to an aromatic ring is 1. The smallest absolute Gasteiger partial charge is 0.272 e. The van der Waals surface area contributed by atoms with Crippen LogP contribution >= 0.6 is 12.4 Å². The van der Waals surface area contributed by atoms with Crippen molar-refractivity contribution in [3.05, 3.63) is 18.5 Å².